The molecule has 0 aliphatic heterocycles. The largest absolute Gasteiger partial charge is 0.346 e. The molecule has 3 N–H and O–H groups in total. The first-order valence-corrected chi connectivity index (χ1v) is 6.24. The number of aryl methyl sites for hydroxylation is 1. The molecule has 4 nitrogen and oxygen atoms in total. The molecule has 0 bridgehead atoms. The van der Waals surface area contributed by atoms with Gasteiger partial charge in [0.25, 0.3) is 5.91 Å². The van der Waals surface area contributed by atoms with Crippen molar-refractivity contribution in [3.8, 4) is 0 Å². The monoisotopic (exact) mass is 285 g/mol. The first-order chi connectivity index (χ1) is 7.61. The molecule has 0 radical (unpaired) electrons. The van der Waals surface area contributed by atoms with Crippen molar-refractivity contribution in [2.45, 2.75) is 18.9 Å². The molecule has 2 rings (SSSR count). The highest BCUT2D eigenvalue weighted by atomic mass is 79.9. The van der Waals surface area contributed by atoms with Gasteiger partial charge in [-0.05, 0) is 40.8 Å². The Morgan fingerprint density at radius 1 is 1.75 bits per heavy atom. The van der Waals surface area contributed by atoms with Crippen LogP contribution in [0.2, 0.25) is 0 Å². The van der Waals surface area contributed by atoms with E-state index in [0.717, 1.165) is 4.47 Å². The average molecular weight is 286 g/mol. The fourth-order valence-electron chi connectivity index (χ4n) is 1.86. The number of rotatable bonds is 4. The molecule has 1 unspecified atom stereocenters. The van der Waals surface area contributed by atoms with Crippen molar-refractivity contribution >= 4 is 21.8 Å². The zero-order valence-corrected chi connectivity index (χ0v) is 10.8. The minimum atomic E-state index is -0.0458. The highest BCUT2D eigenvalue weighted by Crippen LogP contribution is 2.32. The Morgan fingerprint density at radius 2 is 2.44 bits per heavy atom. The SMILES string of the molecule is Cn1cc(Br)cc1C(=O)NC(CN)C1CC1. The standard InChI is InChI=1S/C11H16BrN3O/c1-15-6-8(12)4-10(15)11(16)14-9(5-13)7-2-3-7/h4,6-7,9H,2-3,5,13H2,1H3,(H,14,16). The van der Waals surface area contributed by atoms with E-state index in [-0.39, 0.29) is 11.9 Å². The van der Waals surface area contributed by atoms with Gasteiger partial charge in [-0.1, -0.05) is 0 Å². The number of nitrogens with two attached hydrogens (primary N) is 1. The molecule has 1 aliphatic rings. The molecule has 88 valence electrons. The van der Waals surface area contributed by atoms with Crippen LogP contribution in [0.5, 0.6) is 0 Å². The second-order valence-corrected chi connectivity index (χ2v) is 5.22. The van der Waals surface area contributed by atoms with Gasteiger partial charge >= 0.3 is 0 Å². The van der Waals surface area contributed by atoms with Crippen LogP contribution < -0.4 is 11.1 Å². The van der Waals surface area contributed by atoms with Gasteiger partial charge in [-0.15, -0.1) is 0 Å². The Balaban J connectivity index is 2.04. The van der Waals surface area contributed by atoms with Crippen LogP contribution in [-0.2, 0) is 7.05 Å². The molecule has 0 saturated heterocycles. The molecule has 0 aromatic carbocycles. The second kappa shape index (κ2) is 4.59. The minimum absolute atomic E-state index is 0.0458. The lowest BCUT2D eigenvalue weighted by atomic mass is 10.2. The van der Waals surface area contributed by atoms with Crippen LogP contribution in [0.15, 0.2) is 16.7 Å². The minimum Gasteiger partial charge on any atom is -0.346 e. The van der Waals surface area contributed by atoms with Crippen LogP contribution in [0.25, 0.3) is 0 Å². The lowest BCUT2D eigenvalue weighted by Gasteiger charge is -2.16. The molecule has 1 amide bonds. The number of hydrogen-bond acceptors (Lipinski definition) is 2. The molecular weight excluding hydrogens is 270 g/mol. The first kappa shape index (κ1) is 11.7. The fourth-order valence-corrected chi connectivity index (χ4v) is 2.38. The number of carbonyl (C=O) groups excluding carboxylic acids is 1. The van der Waals surface area contributed by atoms with Gasteiger partial charge in [0.2, 0.25) is 0 Å². The van der Waals surface area contributed by atoms with Gasteiger partial charge in [-0.25, -0.2) is 0 Å². The van der Waals surface area contributed by atoms with E-state index in [1.165, 1.54) is 12.8 Å². The van der Waals surface area contributed by atoms with Crippen molar-refractivity contribution < 1.29 is 4.79 Å². The summed E-state index contributed by atoms with van der Waals surface area (Å²) in [6.07, 6.45) is 4.22. The van der Waals surface area contributed by atoms with Gasteiger partial charge in [-0.2, -0.15) is 0 Å². The van der Waals surface area contributed by atoms with Gasteiger partial charge in [0.15, 0.2) is 0 Å². The van der Waals surface area contributed by atoms with Crippen molar-refractivity contribution in [2.75, 3.05) is 6.54 Å². The molecule has 0 spiro atoms. The van der Waals surface area contributed by atoms with Crippen LogP contribution in [0.4, 0.5) is 0 Å². The van der Waals surface area contributed by atoms with E-state index in [2.05, 4.69) is 21.2 Å². The zero-order valence-electron chi connectivity index (χ0n) is 9.24. The predicted octanol–water partition coefficient (Wildman–Crippen LogP) is 1.25. The third-order valence-corrected chi connectivity index (χ3v) is 3.40. The number of nitrogens with one attached hydrogen (secondary N) is 1. The quantitative estimate of drug-likeness (QED) is 0.875. The lowest BCUT2D eigenvalue weighted by Crippen LogP contribution is -2.42. The van der Waals surface area contributed by atoms with E-state index in [9.17, 15) is 4.79 Å². The summed E-state index contributed by atoms with van der Waals surface area (Å²) in [7, 11) is 1.86. The number of aromatic nitrogens is 1. The molecule has 5 heteroatoms. The summed E-state index contributed by atoms with van der Waals surface area (Å²) in [6.45, 7) is 0.516. The fraction of sp³-hybridized carbons (Fsp3) is 0.545. The highest BCUT2D eigenvalue weighted by molar-refractivity contribution is 9.10. The van der Waals surface area contributed by atoms with E-state index in [1.54, 1.807) is 4.57 Å². The summed E-state index contributed by atoms with van der Waals surface area (Å²) in [4.78, 5) is 12.0. The molecule has 1 aromatic rings. The Morgan fingerprint density at radius 3 is 2.88 bits per heavy atom. The van der Waals surface area contributed by atoms with Crippen molar-refractivity contribution in [3.63, 3.8) is 0 Å². The molecule has 1 fully saturated rings. The van der Waals surface area contributed by atoms with E-state index < -0.39 is 0 Å². The van der Waals surface area contributed by atoms with Gasteiger partial charge in [0.05, 0.1) is 0 Å². The van der Waals surface area contributed by atoms with Gasteiger partial charge < -0.3 is 15.6 Å². The van der Waals surface area contributed by atoms with Crippen LogP contribution >= 0.6 is 15.9 Å². The number of halogens is 1. The summed E-state index contributed by atoms with van der Waals surface area (Å²) in [5, 5.41) is 2.99. The second-order valence-electron chi connectivity index (χ2n) is 4.31. The normalized spacial score (nSPS) is 17.2. The number of nitrogens with zero attached hydrogens (tertiary/aromatic N) is 1. The summed E-state index contributed by atoms with van der Waals surface area (Å²) >= 11 is 3.35. The summed E-state index contributed by atoms with van der Waals surface area (Å²) in [5.74, 6) is 0.535. The Kier molecular flexibility index (Phi) is 3.35. The molecule has 1 saturated carbocycles. The maximum atomic E-state index is 12.0. The van der Waals surface area contributed by atoms with Gasteiger partial charge in [0, 0.05) is 30.3 Å². The zero-order chi connectivity index (χ0) is 11.7. The van der Waals surface area contributed by atoms with Crippen molar-refractivity contribution in [1.29, 1.82) is 0 Å². The maximum absolute atomic E-state index is 12.0. The van der Waals surface area contributed by atoms with Crippen LogP contribution in [-0.4, -0.2) is 23.1 Å². The Bertz CT molecular complexity index is 398. The molecule has 1 aromatic heterocycles. The number of carbonyl (C=O) groups is 1. The van der Waals surface area contributed by atoms with Crippen LogP contribution in [0, 0.1) is 5.92 Å². The van der Waals surface area contributed by atoms with E-state index >= 15 is 0 Å². The third-order valence-electron chi connectivity index (χ3n) is 2.97. The maximum Gasteiger partial charge on any atom is 0.268 e. The molecule has 16 heavy (non-hydrogen) atoms. The lowest BCUT2D eigenvalue weighted by molar-refractivity contribution is 0.0925. The summed E-state index contributed by atoms with van der Waals surface area (Å²) in [5.41, 5.74) is 6.31. The highest BCUT2D eigenvalue weighted by Gasteiger charge is 2.31. The number of amides is 1. The van der Waals surface area contributed by atoms with Crippen molar-refractivity contribution in [2.24, 2.45) is 18.7 Å². The van der Waals surface area contributed by atoms with E-state index in [1.807, 2.05) is 19.3 Å². The van der Waals surface area contributed by atoms with Crippen LogP contribution in [0.3, 0.4) is 0 Å². The number of hydrogen-bond donors (Lipinski definition) is 2. The van der Waals surface area contributed by atoms with E-state index in [4.69, 9.17) is 5.73 Å². The summed E-state index contributed by atoms with van der Waals surface area (Å²) < 4.78 is 2.72. The Labute approximate surface area is 103 Å². The summed E-state index contributed by atoms with van der Waals surface area (Å²) in [6, 6.07) is 1.94. The predicted molar refractivity (Wildman–Crippen MR) is 66.1 cm³/mol. The average Bonchev–Trinajstić information content (AvgIpc) is 3.01. The molecule has 1 heterocycles. The third kappa shape index (κ3) is 2.47. The van der Waals surface area contributed by atoms with Gasteiger partial charge in [-0.3, -0.25) is 4.79 Å². The van der Waals surface area contributed by atoms with Gasteiger partial charge in [0.1, 0.15) is 5.69 Å². The van der Waals surface area contributed by atoms with E-state index in [0.29, 0.717) is 18.2 Å². The smallest absolute Gasteiger partial charge is 0.268 e. The molecular formula is C11H16BrN3O. The Hall–Kier alpha value is -0.810. The van der Waals surface area contributed by atoms with Crippen molar-refractivity contribution in [3.05, 3.63) is 22.4 Å². The first-order valence-electron chi connectivity index (χ1n) is 5.44. The molecule has 1 aliphatic carbocycles. The topological polar surface area (TPSA) is 60.0 Å². The molecule has 1 atom stereocenters. The van der Waals surface area contributed by atoms with Crippen LogP contribution in [0.1, 0.15) is 23.3 Å². The van der Waals surface area contributed by atoms with Crippen molar-refractivity contribution in [1.82, 2.24) is 9.88 Å².